The van der Waals surface area contributed by atoms with E-state index in [0.717, 1.165) is 0 Å². The van der Waals surface area contributed by atoms with Crippen molar-refractivity contribution in [3.8, 4) is 17.2 Å². The average molecular weight is 285 g/mol. The van der Waals surface area contributed by atoms with E-state index < -0.39 is 0 Å². The number of carbonyl (C=O) groups is 1. The minimum atomic E-state index is -0.124. The molecule has 0 spiro atoms. The summed E-state index contributed by atoms with van der Waals surface area (Å²) < 4.78 is 16.0. The summed E-state index contributed by atoms with van der Waals surface area (Å²) in [6.45, 7) is 1.01. The first-order valence-electron chi connectivity index (χ1n) is 6.57. The van der Waals surface area contributed by atoms with Gasteiger partial charge in [0.1, 0.15) is 19.0 Å². The minimum Gasteiger partial charge on any atom is -0.495 e. The van der Waals surface area contributed by atoms with Gasteiger partial charge in [-0.25, -0.2) is 0 Å². The quantitative estimate of drug-likeness (QED) is 0.692. The lowest BCUT2D eigenvalue weighted by Gasteiger charge is -2.18. The predicted octanol–water partition coefficient (Wildman–Crippen LogP) is 2.28. The van der Waals surface area contributed by atoms with E-state index in [1.54, 1.807) is 36.4 Å². The fourth-order valence-electron chi connectivity index (χ4n) is 2.23. The number of anilines is 1. The molecule has 2 aromatic rings. The van der Waals surface area contributed by atoms with Crippen LogP contribution in [0.25, 0.3) is 0 Å². The van der Waals surface area contributed by atoms with E-state index >= 15 is 0 Å². The molecule has 2 aromatic carbocycles. The molecule has 0 fully saturated rings. The van der Waals surface area contributed by atoms with Gasteiger partial charge in [-0.15, -0.1) is 0 Å². The Kier molecular flexibility index (Phi) is 3.39. The van der Waals surface area contributed by atoms with Crippen molar-refractivity contribution in [1.82, 2.24) is 0 Å². The summed E-state index contributed by atoms with van der Waals surface area (Å²) in [5.74, 6) is 1.68. The standard InChI is InChI=1S/C16H15NO4/c1-19-13-4-2-10(8-12(13)17)16(18)11-3-5-14-15(9-11)21-7-6-20-14/h2-5,8-9H,6-7,17H2,1H3. The maximum atomic E-state index is 12.5. The number of nitrogen functional groups attached to an aromatic ring is 1. The molecule has 0 bridgehead atoms. The Morgan fingerprint density at radius 3 is 2.43 bits per heavy atom. The highest BCUT2D eigenvalue weighted by atomic mass is 16.6. The SMILES string of the molecule is COc1ccc(C(=O)c2ccc3c(c2)OCCO3)cc1N. The summed E-state index contributed by atoms with van der Waals surface area (Å²) >= 11 is 0. The largest absolute Gasteiger partial charge is 0.495 e. The topological polar surface area (TPSA) is 70.8 Å². The zero-order chi connectivity index (χ0) is 14.8. The number of methoxy groups -OCH3 is 1. The number of rotatable bonds is 3. The van der Waals surface area contributed by atoms with Gasteiger partial charge in [0.05, 0.1) is 12.8 Å². The fraction of sp³-hybridized carbons (Fsp3) is 0.188. The van der Waals surface area contributed by atoms with E-state index in [9.17, 15) is 4.79 Å². The van der Waals surface area contributed by atoms with Crippen LogP contribution < -0.4 is 19.9 Å². The number of hydrogen-bond donors (Lipinski definition) is 1. The molecule has 5 nitrogen and oxygen atoms in total. The van der Waals surface area contributed by atoms with Crippen LogP contribution in [0.3, 0.4) is 0 Å². The third kappa shape index (κ3) is 2.50. The highest BCUT2D eigenvalue weighted by molar-refractivity contribution is 6.09. The van der Waals surface area contributed by atoms with Gasteiger partial charge in [0.25, 0.3) is 0 Å². The van der Waals surface area contributed by atoms with Crippen molar-refractivity contribution in [3.05, 3.63) is 47.5 Å². The number of nitrogens with two attached hydrogens (primary N) is 1. The fourth-order valence-corrected chi connectivity index (χ4v) is 2.23. The number of ether oxygens (including phenoxy) is 3. The van der Waals surface area contributed by atoms with Crippen LogP contribution in [0.1, 0.15) is 15.9 Å². The van der Waals surface area contributed by atoms with Gasteiger partial charge in [-0.1, -0.05) is 0 Å². The third-order valence-corrected chi connectivity index (χ3v) is 3.30. The van der Waals surface area contributed by atoms with Crippen molar-refractivity contribution < 1.29 is 19.0 Å². The maximum absolute atomic E-state index is 12.5. The molecule has 1 heterocycles. The van der Waals surface area contributed by atoms with Gasteiger partial charge in [0, 0.05) is 11.1 Å². The Labute approximate surface area is 122 Å². The number of carbonyl (C=O) groups excluding carboxylic acids is 1. The molecule has 0 unspecified atom stereocenters. The molecule has 0 saturated carbocycles. The lowest BCUT2D eigenvalue weighted by molar-refractivity contribution is 0.103. The van der Waals surface area contributed by atoms with E-state index in [2.05, 4.69) is 0 Å². The van der Waals surface area contributed by atoms with Crippen molar-refractivity contribution in [2.75, 3.05) is 26.1 Å². The second kappa shape index (κ2) is 5.36. The van der Waals surface area contributed by atoms with Crippen molar-refractivity contribution >= 4 is 11.5 Å². The molecule has 1 aliphatic rings. The van der Waals surface area contributed by atoms with E-state index in [0.29, 0.717) is 47.3 Å². The van der Waals surface area contributed by atoms with E-state index in [1.165, 1.54) is 7.11 Å². The molecule has 0 radical (unpaired) electrons. The van der Waals surface area contributed by atoms with Gasteiger partial charge in [-0.05, 0) is 36.4 Å². The van der Waals surface area contributed by atoms with Crippen LogP contribution in [-0.4, -0.2) is 26.1 Å². The van der Waals surface area contributed by atoms with Crippen LogP contribution in [-0.2, 0) is 0 Å². The number of fused-ring (bicyclic) bond motifs is 1. The zero-order valence-corrected chi connectivity index (χ0v) is 11.6. The summed E-state index contributed by atoms with van der Waals surface area (Å²) in [4.78, 5) is 12.5. The van der Waals surface area contributed by atoms with Crippen molar-refractivity contribution in [3.63, 3.8) is 0 Å². The van der Waals surface area contributed by atoms with Crippen molar-refractivity contribution in [2.24, 2.45) is 0 Å². The molecule has 108 valence electrons. The molecule has 0 aliphatic carbocycles. The number of hydrogen-bond acceptors (Lipinski definition) is 5. The molecule has 2 N–H and O–H groups in total. The van der Waals surface area contributed by atoms with Crippen LogP contribution in [0.2, 0.25) is 0 Å². The molecule has 0 atom stereocenters. The Balaban J connectivity index is 1.93. The average Bonchev–Trinajstić information content (AvgIpc) is 2.53. The Bertz CT molecular complexity index is 697. The van der Waals surface area contributed by atoms with Gasteiger partial charge in [-0.3, -0.25) is 4.79 Å². The van der Waals surface area contributed by atoms with Crippen LogP contribution >= 0.6 is 0 Å². The van der Waals surface area contributed by atoms with Crippen LogP contribution in [0, 0.1) is 0 Å². The summed E-state index contributed by atoms with van der Waals surface area (Å²) in [7, 11) is 1.54. The summed E-state index contributed by atoms with van der Waals surface area (Å²) in [6.07, 6.45) is 0. The Hall–Kier alpha value is -2.69. The Morgan fingerprint density at radius 1 is 1.05 bits per heavy atom. The lowest BCUT2D eigenvalue weighted by atomic mass is 10.0. The molecule has 0 amide bonds. The van der Waals surface area contributed by atoms with Gasteiger partial charge in [-0.2, -0.15) is 0 Å². The first-order chi connectivity index (χ1) is 10.2. The lowest BCUT2D eigenvalue weighted by Crippen LogP contribution is -2.16. The molecule has 0 saturated heterocycles. The Morgan fingerprint density at radius 2 is 1.71 bits per heavy atom. The van der Waals surface area contributed by atoms with Gasteiger partial charge >= 0.3 is 0 Å². The predicted molar refractivity (Wildman–Crippen MR) is 78.3 cm³/mol. The van der Waals surface area contributed by atoms with E-state index in [4.69, 9.17) is 19.9 Å². The first-order valence-corrected chi connectivity index (χ1v) is 6.57. The smallest absolute Gasteiger partial charge is 0.193 e. The summed E-state index contributed by atoms with van der Waals surface area (Å²) in [5.41, 5.74) is 7.30. The van der Waals surface area contributed by atoms with Crippen LogP contribution in [0.15, 0.2) is 36.4 Å². The number of benzene rings is 2. The molecule has 21 heavy (non-hydrogen) atoms. The number of ketones is 1. The zero-order valence-electron chi connectivity index (χ0n) is 11.6. The van der Waals surface area contributed by atoms with Crippen molar-refractivity contribution in [1.29, 1.82) is 0 Å². The minimum absolute atomic E-state index is 0.124. The molecular weight excluding hydrogens is 270 g/mol. The van der Waals surface area contributed by atoms with Gasteiger partial charge in [0.15, 0.2) is 17.3 Å². The second-order valence-electron chi connectivity index (χ2n) is 4.64. The molecule has 1 aliphatic heterocycles. The van der Waals surface area contributed by atoms with Crippen molar-refractivity contribution in [2.45, 2.75) is 0 Å². The molecular formula is C16H15NO4. The monoisotopic (exact) mass is 285 g/mol. The van der Waals surface area contributed by atoms with E-state index in [-0.39, 0.29) is 5.78 Å². The normalized spacial score (nSPS) is 12.8. The maximum Gasteiger partial charge on any atom is 0.193 e. The second-order valence-corrected chi connectivity index (χ2v) is 4.64. The van der Waals surface area contributed by atoms with Crippen LogP contribution in [0.5, 0.6) is 17.2 Å². The highest BCUT2D eigenvalue weighted by Crippen LogP contribution is 2.32. The first kappa shape index (κ1) is 13.3. The molecule has 3 rings (SSSR count). The molecule has 0 aromatic heterocycles. The highest BCUT2D eigenvalue weighted by Gasteiger charge is 2.16. The van der Waals surface area contributed by atoms with Gasteiger partial charge in [0.2, 0.25) is 0 Å². The third-order valence-electron chi connectivity index (χ3n) is 3.30. The summed E-state index contributed by atoms with van der Waals surface area (Å²) in [6, 6.07) is 10.1. The van der Waals surface area contributed by atoms with Gasteiger partial charge < -0.3 is 19.9 Å². The van der Waals surface area contributed by atoms with Crippen LogP contribution in [0.4, 0.5) is 5.69 Å². The summed E-state index contributed by atoms with van der Waals surface area (Å²) in [5, 5.41) is 0. The van der Waals surface area contributed by atoms with E-state index in [1.807, 2.05) is 0 Å². The molecule has 5 heteroatoms.